The molecule has 5 heteroatoms. The Balaban J connectivity index is 2.09. The topological polar surface area (TPSA) is 59.3 Å². The van der Waals surface area contributed by atoms with E-state index in [1.54, 1.807) is 0 Å². The molecule has 4 N–H and O–H groups in total. The lowest BCUT2D eigenvalue weighted by Gasteiger charge is -2.14. The van der Waals surface area contributed by atoms with Crippen LogP contribution >= 0.6 is 12.2 Å². The van der Waals surface area contributed by atoms with Gasteiger partial charge in [-0.2, -0.15) is 0 Å². The lowest BCUT2D eigenvalue weighted by atomic mass is 10.1. The first-order valence-corrected chi connectivity index (χ1v) is 6.13. The molecule has 4 nitrogen and oxygen atoms in total. The van der Waals surface area contributed by atoms with Gasteiger partial charge in [-0.25, -0.2) is 0 Å². The van der Waals surface area contributed by atoms with Gasteiger partial charge in [0.15, 0.2) is 5.11 Å². The smallest absolute Gasteiger partial charge is 0.170 e. The standard InChI is InChI=1S/C12H17N3OS/c1-8-10(15-12(17)14-6-5-13)3-2-9-4-7-16-11(8)9/h2-3H,4-7,13H2,1H3,(H2,14,15,17). The number of nitrogens with one attached hydrogen (secondary N) is 2. The van der Waals surface area contributed by atoms with Gasteiger partial charge in [0, 0.05) is 30.8 Å². The number of rotatable bonds is 3. The zero-order valence-corrected chi connectivity index (χ0v) is 10.7. The van der Waals surface area contributed by atoms with E-state index in [2.05, 4.69) is 16.7 Å². The van der Waals surface area contributed by atoms with Gasteiger partial charge in [-0.05, 0) is 30.8 Å². The number of hydrogen-bond acceptors (Lipinski definition) is 3. The maximum atomic E-state index is 5.61. The summed E-state index contributed by atoms with van der Waals surface area (Å²) in [5.74, 6) is 0.997. The van der Waals surface area contributed by atoms with Crippen molar-refractivity contribution in [2.75, 3.05) is 25.0 Å². The van der Waals surface area contributed by atoms with Crippen LogP contribution in [0.4, 0.5) is 5.69 Å². The SMILES string of the molecule is Cc1c(NC(=S)NCCN)ccc2c1OCC2. The molecule has 1 aliphatic heterocycles. The van der Waals surface area contributed by atoms with Crippen molar-refractivity contribution in [2.45, 2.75) is 13.3 Å². The van der Waals surface area contributed by atoms with Crippen molar-refractivity contribution in [1.29, 1.82) is 0 Å². The van der Waals surface area contributed by atoms with Crippen LogP contribution < -0.4 is 21.1 Å². The number of thiocarbonyl (C=S) groups is 1. The lowest BCUT2D eigenvalue weighted by molar-refractivity contribution is 0.355. The molecular formula is C12H17N3OS. The van der Waals surface area contributed by atoms with E-state index in [4.69, 9.17) is 22.7 Å². The molecule has 1 heterocycles. The number of anilines is 1. The first-order chi connectivity index (χ1) is 8.22. The predicted octanol–water partition coefficient (Wildman–Crippen LogP) is 1.18. The zero-order valence-electron chi connectivity index (χ0n) is 9.88. The highest BCUT2D eigenvalue weighted by Crippen LogP contribution is 2.33. The molecular weight excluding hydrogens is 234 g/mol. The van der Waals surface area contributed by atoms with Crippen molar-refractivity contribution < 1.29 is 4.74 Å². The Morgan fingerprint density at radius 1 is 1.53 bits per heavy atom. The van der Waals surface area contributed by atoms with Gasteiger partial charge in [-0.15, -0.1) is 0 Å². The Morgan fingerprint density at radius 2 is 2.35 bits per heavy atom. The van der Waals surface area contributed by atoms with Crippen LogP contribution in [0, 0.1) is 6.92 Å². The highest BCUT2D eigenvalue weighted by atomic mass is 32.1. The normalized spacial score (nSPS) is 12.8. The van der Waals surface area contributed by atoms with Crippen LogP contribution in [0.25, 0.3) is 0 Å². The van der Waals surface area contributed by atoms with Crippen LogP contribution in [0.15, 0.2) is 12.1 Å². The van der Waals surface area contributed by atoms with Crippen LogP contribution in [-0.2, 0) is 6.42 Å². The molecule has 1 aliphatic rings. The van der Waals surface area contributed by atoms with Crippen molar-refractivity contribution in [1.82, 2.24) is 5.32 Å². The van der Waals surface area contributed by atoms with Gasteiger partial charge in [-0.3, -0.25) is 0 Å². The summed E-state index contributed by atoms with van der Waals surface area (Å²) in [6.07, 6.45) is 0.992. The first kappa shape index (κ1) is 12.1. The van der Waals surface area contributed by atoms with E-state index < -0.39 is 0 Å². The third kappa shape index (κ3) is 2.68. The minimum absolute atomic E-state index is 0.564. The van der Waals surface area contributed by atoms with E-state index in [-0.39, 0.29) is 0 Å². The maximum absolute atomic E-state index is 5.61. The lowest BCUT2D eigenvalue weighted by Crippen LogP contribution is -2.32. The van der Waals surface area contributed by atoms with Crippen molar-refractivity contribution in [2.24, 2.45) is 5.73 Å². The molecule has 17 heavy (non-hydrogen) atoms. The largest absolute Gasteiger partial charge is 0.493 e. The third-order valence-electron chi connectivity index (χ3n) is 2.78. The summed E-state index contributed by atoms with van der Waals surface area (Å²) in [6.45, 7) is 4.05. The quantitative estimate of drug-likeness (QED) is 0.704. The summed E-state index contributed by atoms with van der Waals surface area (Å²) in [7, 11) is 0. The Bertz CT molecular complexity index is 434. The molecule has 92 valence electrons. The summed E-state index contributed by atoms with van der Waals surface area (Å²) in [6, 6.07) is 4.13. The van der Waals surface area contributed by atoms with Crippen LogP contribution in [0.2, 0.25) is 0 Å². The molecule has 0 spiro atoms. The van der Waals surface area contributed by atoms with Gasteiger partial charge < -0.3 is 21.1 Å². The molecule has 2 rings (SSSR count). The monoisotopic (exact) mass is 251 g/mol. The average molecular weight is 251 g/mol. The molecule has 0 bridgehead atoms. The molecule has 1 aromatic rings. The molecule has 0 unspecified atom stereocenters. The van der Waals surface area contributed by atoms with Crippen LogP contribution in [-0.4, -0.2) is 24.8 Å². The molecule has 0 saturated heterocycles. The van der Waals surface area contributed by atoms with Crippen LogP contribution in [0.5, 0.6) is 5.75 Å². The summed E-state index contributed by atoms with van der Waals surface area (Å²) < 4.78 is 5.61. The van der Waals surface area contributed by atoms with E-state index in [9.17, 15) is 0 Å². The van der Waals surface area contributed by atoms with Crippen molar-refractivity contribution in [3.05, 3.63) is 23.3 Å². The van der Waals surface area contributed by atoms with E-state index in [1.165, 1.54) is 5.56 Å². The van der Waals surface area contributed by atoms with Gasteiger partial charge in [0.2, 0.25) is 0 Å². The molecule has 0 aromatic heterocycles. The summed E-state index contributed by atoms with van der Waals surface area (Å²) >= 11 is 5.17. The summed E-state index contributed by atoms with van der Waals surface area (Å²) in [4.78, 5) is 0. The highest BCUT2D eigenvalue weighted by Gasteiger charge is 2.16. The maximum Gasteiger partial charge on any atom is 0.170 e. The van der Waals surface area contributed by atoms with Crippen molar-refractivity contribution in [3.63, 3.8) is 0 Å². The van der Waals surface area contributed by atoms with Gasteiger partial charge >= 0.3 is 0 Å². The van der Waals surface area contributed by atoms with Crippen molar-refractivity contribution in [3.8, 4) is 5.75 Å². The zero-order chi connectivity index (χ0) is 12.3. The average Bonchev–Trinajstić information content (AvgIpc) is 2.79. The number of benzene rings is 1. The summed E-state index contributed by atoms with van der Waals surface area (Å²) in [5, 5.41) is 6.78. The Morgan fingerprint density at radius 3 is 3.12 bits per heavy atom. The Labute approximate surface area is 107 Å². The number of nitrogens with two attached hydrogens (primary N) is 1. The fourth-order valence-corrected chi connectivity index (χ4v) is 2.11. The second kappa shape index (κ2) is 5.33. The Kier molecular flexibility index (Phi) is 3.81. The van der Waals surface area contributed by atoms with Gasteiger partial charge in [0.25, 0.3) is 0 Å². The molecule has 0 atom stereocenters. The van der Waals surface area contributed by atoms with E-state index in [0.717, 1.165) is 30.0 Å². The fourth-order valence-electron chi connectivity index (χ4n) is 1.90. The van der Waals surface area contributed by atoms with Gasteiger partial charge in [0.1, 0.15) is 5.75 Å². The van der Waals surface area contributed by atoms with Crippen LogP contribution in [0.3, 0.4) is 0 Å². The second-order valence-corrected chi connectivity index (χ2v) is 4.40. The number of ether oxygens (including phenoxy) is 1. The van der Waals surface area contributed by atoms with Gasteiger partial charge in [0.05, 0.1) is 6.61 Å². The molecule has 0 aliphatic carbocycles. The van der Waals surface area contributed by atoms with Crippen LogP contribution in [0.1, 0.15) is 11.1 Å². The van der Waals surface area contributed by atoms with E-state index >= 15 is 0 Å². The molecule has 0 saturated carbocycles. The third-order valence-corrected chi connectivity index (χ3v) is 3.03. The van der Waals surface area contributed by atoms with E-state index in [1.807, 2.05) is 13.0 Å². The number of fused-ring (bicyclic) bond motifs is 1. The minimum atomic E-state index is 0.564. The fraction of sp³-hybridized carbons (Fsp3) is 0.417. The highest BCUT2D eigenvalue weighted by molar-refractivity contribution is 7.80. The molecule has 1 aromatic carbocycles. The second-order valence-electron chi connectivity index (χ2n) is 3.99. The van der Waals surface area contributed by atoms with E-state index in [0.29, 0.717) is 18.2 Å². The Hall–Kier alpha value is -1.33. The minimum Gasteiger partial charge on any atom is -0.493 e. The van der Waals surface area contributed by atoms with Gasteiger partial charge in [-0.1, -0.05) is 6.07 Å². The molecule has 0 amide bonds. The van der Waals surface area contributed by atoms with Crippen molar-refractivity contribution >= 4 is 23.0 Å². The molecule has 0 radical (unpaired) electrons. The first-order valence-electron chi connectivity index (χ1n) is 5.72. The summed E-state index contributed by atoms with van der Waals surface area (Å²) in [5.41, 5.74) is 8.77. The number of hydrogen-bond donors (Lipinski definition) is 3. The predicted molar refractivity (Wildman–Crippen MR) is 73.7 cm³/mol. The molecule has 0 fully saturated rings.